The van der Waals surface area contributed by atoms with Gasteiger partial charge in [0.25, 0.3) is 0 Å². The minimum Gasteiger partial charge on any atom is -0.345 e. The molecule has 1 amide bonds. The summed E-state index contributed by atoms with van der Waals surface area (Å²) in [5, 5.41) is 2.20. The quantitative estimate of drug-likeness (QED) is 0.177. The molecule has 2 N–H and O–H groups in total. The predicted octanol–water partition coefficient (Wildman–Crippen LogP) is 8.43. The molecule has 6 rings (SSSR count). The third kappa shape index (κ3) is 5.02. The number of rotatable bonds is 8. The second-order valence-electron chi connectivity index (χ2n) is 10.5. The first-order valence-electron chi connectivity index (χ1n) is 14.2. The monoisotopic (exact) mass is 603 g/mol. The SMILES string of the molecule is Cn1c(CN(C(=O)CN)C(c2ccccc2)(c2ccccc2)c2ccccc2)c(-c2ccccc2Cl)c2cc(Cl)ccc21. The molecule has 0 atom stereocenters. The van der Waals surface area contributed by atoms with Gasteiger partial charge in [-0.3, -0.25) is 4.79 Å². The molecule has 0 spiro atoms. The van der Waals surface area contributed by atoms with E-state index >= 15 is 0 Å². The molecule has 1 aromatic heterocycles. The number of carbonyl (C=O) groups is 1. The van der Waals surface area contributed by atoms with E-state index in [1.807, 2.05) is 109 Å². The van der Waals surface area contributed by atoms with Crippen molar-refractivity contribution in [2.45, 2.75) is 12.1 Å². The van der Waals surface area contributed by atoms with Gasteiger partial charge in [-0.1, -0.05) is 132 Å². The van der Waals surface area contributed by atoms with Gasteiger partial charge in [0.2, 0.25) is 5.91 Å². The topological polar surface area (TPSA) is 51.3 Å². The van der Waals surface area contributed by atoms with E-state index in [0.717, 1.165) is 44.4 Å². The lowest BCUT2D eigenvalue weighted by Gasteiger charge is -2.46. The molecule has 0 bridgehead atoms. The van der Waals surface area contributed by atoms with E-state index in [2.05, 4.69) is 41.0 Å². The van der Waals surface area contributed by atoms with Crippen LogP contribution in [0.1, 0.15) is 22.4 Å². The van der Waals surface area contributed by atoms with Crippen molar-refractivity contribution in [2.75, 3.05) is 6.54 Å². The number of amides is 1. The maximum absolute atomic E-state index is 14.3. The van der Waals surface area contributed by atoms with Crippen molar-refractivity contribution in [3.05, 3.63) is 166 Å². The number of fused-ring (bicyclic) bond motifs is 1. The first-order valence-corrected chi connectivity index (χ1v) is 14.9. The van der Waals surface area contributed by atoms with Gasteiger partial charge in [-0.25, -0.2) is 0 Å². The molecule has 0 aliphatic heterocycles. The van der Waals surface area contributed by atoms with Crippen LogP contribution in [0.5, 0.6) is 0 Å². The lowest BCUT2D eigenvalue weighted by molar-refractivity contribution is -0.134. The molecular weight excluding hydrogens is 573 g/mol. The molecule has 0 saturated heterocycles. The summed E-state index contributed by atoms with van der Waals surface area (Å²) in [5.74, 6) is -0.190. The Labute approximate surface area is 261 Å². The zero-order chi connectivity index (χ0) is 30.0. The summed E-state index contributed by atoms with van der Waals surface area (Å²) in [6.07, 6.45) is 0. The van der Waals surface area contributed by atoms with Crippen molar-refractivity contribution in [2.24, 2.45) is 12.8 Å². The summed E-state index contributed by atoms with van der Waals surface area (Å²) in [5.41, 5.74) is 11.8. The van der Waals surface area contributed by atoms with E-state index in [-0.39, 0.29) is 19.0 Å². The van der Waals surface area contributed by atoms with Crippen LogP contribution in [0.15, 0.2) is 133 Å². The lowest BCUT2D eigenvalue weighted by atomic mass is 9.75. The van der Waals surface area contributed by atoms with E-state index in [1.54, 1.807) is 0 Å². The maximum Gasteiger partial charge on any atom is 0.237 e. The Kier molecular flexibility index (Phi) is 8.09. The largest absolute Gasteiger partial charge is 0.345 e. The summed E-state index contributed by atoms with van der Waals surface area (Å²) in [6.45, 7) is 0.0868. The maximum atomic E-state index is 14.3. The fourth-order valence-electron chi connectivity index (χ4n) is 6.28. The second kappa shape index (κ2) is 12.1. The Bertz CT molecular complexity index is 1790. The summed E-state index contributed by atoms with van der Waals surface area (Å²) in [6, 6.07) is 44.1. The van der Waals surface area contributed by atoms with Crippen LogP contribution in [0.4, 0.5) is 0 Å². The fourth-order valence-corrected chi connectivity index (χ4v) is 6.68. The number of aryl methyl sites for hydroxylation is 1. The molecular formula is C37H31Cl2N3O. The van der Waals surface area contributed by atoms with Gasteiger partial charge in [0.05, 0.1) is 13.1 Å². The van der Waals surface area contributed by atoms with E-state index in [9.17, 15) is 4.79 Å². The number of nitrogens with zero attached hydrogens (tertiary/aromatic N) is 2. The minimum absolute atomic E-state index is 0.161. The molecule has 214 valence electrons. The number of hydrogen-bond acceptors (Lipinski definition) is 2. The molecule has 0 fully saturated rings. The number of aromatic nitrogens is 1. The van der Waals surface area contributed by atoms with Gasteiger partial charge in [0, 0.05) is 44.8 Å². The highest BCUT2D eigenvalue weighted by molar-refractivity contribution is 6.34. The van der Waals surface area contributed by atoms with E-state index in [4.69, 9.17) is 28.9 Å². The van der Waals surface area contributed by atoms with Gasteiger partial charge in [-0.05, 0) is 41.0 Å². The summed E-state index contributed by atoms with van der Waals surface area (Å²) in [7, 11) is 2.02. The molecule has 0 saturated carbocycles. The van der Waals surface area contributed by atoms with Crippen molar-refractivity contribution in [3.8, 4) is 11.1 Å². The summed E-state index contributed by atoms with van der Waals surface area (Å²) < 4.78 is 2.13. The zero-order valence-corrected chi connectivity index (χ0v) is 25.3. The zero-order valence-electron chi connectivity index (χ0n) is 23.8. The number of carbonyl (C=O) groups excluding carboxylic acids is 1. The van der Waals surface area contributed by atoms with Crippen LogP contribution in [0.2, 0.25) is 10.0 Å². The predicted molar refractivity (Wildman–Crippen MR) is 177 cm³/mol. The smallest absolute Gasteiger partial charge is 0.237 e. The molecule has 0 aliphatic rings. The molecule has 0 radical (unpaired) electrons. The van der Waals surface area contributed by atoms with Crippen molar-refractivity contribution in [3.63, 3.8) is 0 Å². The Morgan fingerprint density at radius 3 is 1.77 bits per heavy atom. The third-order valence-electron chi connectivity index (χ3n) is 8.19. The number of hydrogen-bond donors (Lipinski definition) is 1. The average Bonchev–Trinajstić information content (AvgIpc) is 3.32. The highest BCUT2D eigenvalue weighted by Crippen LogP contribution is 2.46. The highest BCUT2D eigenvalue weighted by Gasteiger charge is 2.45. The Balaban J connectivity index is 1.70. The molecule has 43 heavy (non-hydrogen) atoms. The lowest BCUT2D eigenvalue weighted by Crippen LogP contribution is -2.52. The molecule has 6 aromatic rings. The van der Waals surface area contributed by atoms with Gasteiger partial charge in [-0.2, -0.15) is 0 Å². The van der Waals surface area contributed by atoms with Crippen molar-refractivity contribution in [1.82, 2.24) is 9.47 Å². The first-order chi connectivity index (χ1) is 21.0. The Hall–Kier alpha value is -4.35. The highest BCUT2D eigenvalue weighted by atomic mass is 35.5. The standard InChI is InChI=1S/C37H31Cl2N3O/c1-41-33-22-21-29(38)23-31(33)36(30-19-11-12-20-32(30)39)34(41)25-42(35(43)24-40)37(26-13-5-2-6-14-26,27-15-7-3-8-16-27)28-17-9-4-10-18-28/h2-23H,24-25,40H2,1H3. The fraction of sp³-hybridized carbons (Fsp3) is 0.108. The average molecular weight is 605 g/mol. The molecule has 1 heterocycles. The van der Waals surface area contributed by atoms with Crippen molar-refractivity contribution >= 4 is 40.0 Å². The van der Waals surface area contributed by atoms with Gasteiger partial charge in [0.1, 0.15) is 5.54 Å². The Morgan fingerprint density at radius 1 is 0.744 bits per heavy atom. The Morgan fingerprint density at radius 2 is 1.26 bits per heavy atom. The molecule has 6 heteroatoms. The molecule has 5 aromatic carbocycles. The molecule has 0 unspecified atom stereocenters. The number of halogens is 2. The van der Waals surface area contributed by atoms with Crippen molar-refractivity contribution in [1.29, 1.82) is 0 Å². The van der Waals surface area contributed by atoms with Gasteiger partial charge >= 0.3 is 0 Å². The molecule has 4 nitrogen and oxygen atoms in total. The van der Waals surface area contributed by atoms with Crippen LogP contribution in [-0.4, -0.2) is 21.9 Å². The minimum atomic E-state index is -0.994. The van der Waals surface area contributed by atoms with Gasteiger partial charge in [0.15, 0.2) is 0 Å². The van der Waals surface area contributed by atoms with Crippen LogP contribution >= 0.6 is 23.2 Å². The van der Waals surface area contributed by atoms with E-state index < -0.39 is 5.54 Å². The van der Waals surface area contributed by atoms with Gasteiger partial charge in [-0.15, -0.1) is 0 Å². The van der Waals surface area contributed by atoms with Gasteiger partial charge < -0.3 is 15.2 Å². The summed E-state index contributed by atoms with van der Waals surface area (Å²) >= 11 is 13.4. The second-order valence-corrected chi connectivity index (χ2v) is 11.4. The first kappa shape index (κ1) is 28.8. The van der Waals surface area contributed by atoms with E-state index in [1.165, 1.54) is 0 Å². The van der Waals surface area contributed by atoms with Crippen LogP contribution in [-0.2, 0) is 23.9 Å². The molecule has 0 aliphatic carbocycles. The van der Waals surface area contributed by atoms with E-state index in [0.29, 0.717) is 10.0 Å². The van der Waals surface area contributed by atoms with Crippen LogP contribution in [0, 0.1) is 0 Å². The number of nitrogens with two attached hydrogens (primary N) is 1. The number of benzene rings is 5. The van der Waals surface area contributed by atoms with Crippen molar-refractivity contribution < 1.29 is 4.79 Å². The summed E-state index contributed by atoms with van der Waals surface area (Å²) in [4.78, 5) is 16.2. The van der Waals surface area contributed by atoms with Crippen LogP contribution in [0.25, 0.3) is 22.0 Å². The van der Waals surface area contributed by atoms with Crippen LogP contribution in [0.3, 0.4) is 0 Å². The normalized spacial score (nSPS) is 11.5. The van der Waals surface area contributed by atoms with Crippen LogP contribution < -0.4 is 5.73 Å². The third-order valence-corrected chi connectivity index (χ3v) is 8.75.